The Morgan fingerprint density at radius 1 is 0.520 bits per heavy atom. The van der Waals surface area contributed by atoms with Crippen LogP contribution in [0.1, 0.15) is 29.5 Å². The Kier molecular flexibility index (Phi) is 7.49. The molecule has 2 aliphatic rings. The maximum atomic E-state index is 3.91. The zero-order chi connectivity index (χ0) is 33.3. The Labute approximate surface area is 294 Å². The van der Waals surface area contributed by atoms with E-state index in [0.29, 0.717) is 0 Å². The third-order valence-corrected chi connectivity index (χ3v) is 10.1. The maximum Gasteiger partial charge on any atom is 0.107 e. The highest BCUT2D eigenvalue weighted by molar-refractivity contribution is 6.00. The first-order valence-electron chi connectivity index (χ1n) is 17.4. The molecule has 0 spiro atoms. The number of rotatable bonds is 5. The van der Waals surface area contributed by atoms with Gasteiger partial charge >= 0.3 is 0 Å². The third kappa shape index (κ3) is 5.06. The van der Waals surface area contributed by atoms with Crippen molar-refractivity contribution in [2.24, 2.45) is 0 Å². The zero-order valence-corrected chi connectivity index (χ0v) is 27.8. The van der Waals surface area contributed by atoms with E-state index in [1.54, 1.807) is 0 Å². The molecule has 50 heavy (non-hydrogen) atoms. The van der Waals surface area contributed by atoms with Crippen LogP contribution in [0, 0.1) is 11.8 Å². The number of anilines is 3. The van der Waals surface area contributed by atoms with E-state index in [2.05, 4.69) is 199 Å². The van der Waals surface area contributed by atoms with Gasteiger partial charge in [-0.2, -0.15) is 0 Å². The lowest BCUT2D eigenvalue weighted by atomic mass is 9.71. The molecule has 0 aliphatic heterocycles. The summed E-state index contributed by atoms with van der Waals surface area (Å²) in [6.45, 7) is 0. The van der Waals surface area contributed by atoms with E-state index >= 15 is 0 Å². The number of hydrogen-bond acceptors (Lipinski definition) is 1. The lowest BCUT2D eigenvalue weighted by molar-refractivity contribution is 0.811. The van der Waals surface area contributed by atoms with Gasteiger partial charge in [-0.1, -0.05) is 157 Å². The van der Waals surface area contributed by atoms with Crippen LogP contribution in [0.4, 0.5) is 17.1 Å². The molecule has 1 atom stereocenters. The second-order valence-electron chi connectivity index (χ2n) is 13.0. The van der Waals surface area contributed by atoms with Crippen LogP contribution in [-0.2, 0) is 5.41 Å². The summed E-state index contributed by atoms with van der Waals surface area (Å²) < 4.78 is 0. The van der Waals surface area contributed by atoms with E-state index in [1.165, 1.54) is 49.7 Å². The quantitative estimate of drug-likeness (QED) is 0.170. The number of nitrogens with zero attached hydrogens (tertiary/aromatic N) is 1. The van der Waals surface area contributed by atoms with E-state index in [1.807, 2.05) is 6.07 Å². The van der Waals surface area contributed by atoms with E-state index < -0.39 is 5.41 Å². The number of hydrogen-bond donors (Lipinski definition) is 0. The molecule has 0 N–H and O–H groups in total. The van der Waals surface area contributed by atoms with Gasteiger partial charge in [0.05, 0.1) is 5.69 Å². The molecule has 9 rings (SSSR count). The summed E-state index contributed by atoms with van der Waals surface area (Å²) in [5.74, 6) is 7.53. The van der Waals surface area contributed by atoms with Crippen molar-refractivity contribution in [3.63, 3.8) is 0 Å². The first-order valence-corrected chi connectivity index (χ1v) is 17.4. The fourth-order valence-electron chi connectivity index (χ4n) is 7.77. The van der Waals surface area contributed by atoms with Gasteiger partial charge < -0.3 is 4.90 Å². The standard InChI is InChI=1S/C49H35N/c1-4-15-36(16-5-1)33-34-49(40-21-8-3-9-22-40)46-25-13-12-24-44(46)45-32-31-42(35-47(45)49)50(48-26-14-20-39-19-10-11-23-43(39)48)41-29-27-38(28-30-41)37-17-6-2-7-18-37/h1-2,4-8,10-32,35H,3,9H2. The Hall–Kier alpha value is -6.36. The second kappa shape index (κ2) is 12.6. The Balaban J connectivity index is 1.29. The number of allylic oxidation sites excluding steroid dienone is 4. The van der Waals surface area contributed by atoms with Crippen LogP contribution in [-0.4, -0.2) is 0 Å². The molecule has 0 aromatic heterocycles. The van der Waals surface area contributed by atoms with Crippen LogP contribution in [0.2, 0.25) is 0 Å². The van der Waals surface area contributed by atoms with Crippen molar-refractivity contribution >= 4 is 27.8 Å². The molecule has 0 heterocycles. The zero-order valence-electron chi connectivity index (χ0n) is 27.8. The summed E-state index contributed by atoms with van der Waals surface area (Å²) >= 11 is 0. The molecule has 1 unspecified atom stereocenters. The van der Waals surface area contributed by atoms with Crippen LogP contribution in [0.25, 0.3) is 33.0 Å². The van der Waals surface area contributed by atoms with E-state index in [0.717, 1.165) is 35.5 Å². The predicted octanol–water partition coefficient (Wildman–Crippen LogP) is 12.6. The van der Waals surface area contributed by atoms with Gasteiger partial charge in [0, 0.05) is 22.3 Å². The monoisotopic (exact) mass is 637 g/mol. The average Bonchev–Trinajstić information content (AvgIpc) is 3.48. The maximum absolute atomic E-state index is 3.91. The van der Waals surface area contributed by atoms with E-state index in [9.17, 15) is 0 Å². The Morgan fingerprint density at radius 2 is 1.20 bits per heavy atom. The molecule has 0 amide bonds. The summed E-state index contributed by atoms with van der Waals surface area (Å²) in [6.07, 6.45) is 9.08. The molecule has 1 nitrogen and oxygen atoms in total. The fourth-order valence-corrected chi connectivity index (χ4v) is 7.77. The first-order chi connectivity index (χ1) is 24.8. The minimum atomic E-state index is -0.615. The van der Waals surface area contributed by atoms with Gasteiger partial charge in [-0.15, -0.1) is 0 Å². The molecule has 236 valence electrons. The second-order valence-corrected chi connectivity index (χ2v) is 13.0. The summed E-state index contributed by atoms with van der Waals surface area (Å²) in [7, 11) is 0. The van der Waals surface area contributed by atoms with Gasteiger partial charge in [0.1, 0.15) is 5.41 Å². The molecule has 7 aromatic carbocycles. The molecular weight excluding hydrogens is 603 g/mol. The average molecular weight is 638 g/mol. The van der Waals surface area contributed by atoms with Crippen molar-refractivity contribution in [2.45, 2.75) is 18.3 Å². The summed E-state index contributed by atoms with van der Waals surface area (Å²) in [4.78, 5) is 2.42. The SMILES string of the molecule is C(#CC1(C2=CCCC=C2)c2ccccc2-c2ccc(N(c3ccc(-c4ccccc4)cc3)c3cccc4ccccc34)cc21)c1ccccc1. The number of benzene rings is 7. The fraction of sp³-hybridized carbons (Fsp3) is 0.0612. The highest BCUT2D eigenvalue weighted by Gasteiger charge is 2.45. The summed E-state index contributed by atoms with van der Waals surface area (Å²) in [5, 5.41) is 2.42. The predicted molar refractivity (Wildman–Crippen MR) is 210 cm³/mol. The van der Waals surface area contributed by atoms with Gasteiger partial charge in [0.25, 0.3) is 0 Å². The van der Waals surface area contributed by atoms with Crippen LogP contribution in [0.5, 0.6) is 0 Å². The van der Waals surface area contributed by atoms with Gasteiger partial charge in [-0.3, -0.25) is 0 Å². The lowest BCUT2D eigenvalue weighted by Gasteiger charge is -2.32. The number of fused-ring (bicyclic) bond motifs is 4. The molecule has 0 bridgehead atoms. The highest BCUT2D eigenvalue weighted by atomic mass is 15.1. The molecule has 2 aliphatic carbocycles. The highest BCUT2D eigenvalue weighted by Crippen LogP contribution is 2.55. The summed E-state index contributed by atoms with van der Waals surface area (Å²) in [5.41, 5.74) is 12.4. The van der Waals surface area contributed by atoms with Gasteiger partial charge in [0.15, 0.2) is 0 Å². The largest absolute Gasteiger partial charge is 0.310 e. The van der Waals surface area contributed by atoms with Gasteiger partial charge in [0.2, 0.25) is 0 Å². The van der Waals surface area contributed by atoms with Crippen LogP contribution < -0.4 is 4.90 Å². The normalized spacial score (nSPS) is 15.8. The molecule has 7 aromatic rings. The van der Waals surface area contributed by atoms with E-state index in [-0.39, 0.29) is 0 Å². The smallest absolute Gasteiger partial charge is 0.107 e. The van der Waals surface area contributed by atoms with Crippen LogP contribution >= 0.6 is 0 Å². The van der Waals surface area contributed by atoms with E-state index in [4.69, 9.17) is 0 Å². The summed E-state index contributed by atoms with van der Waals surface area (Å²) in [6, 6.07) is 61.1. The van der Waals surface area contributed by atoms with Crippen LogP contribution in [0.15, 0.2) is 194 Å². The van der Waals surface area contributed by atoms with Crippen molar-refractivity contribution in [1.29, 1.82) is 0 Å². The molecule has 1 heteroatoms. The van der Waals surface area contributed by atoms with Crippen molar-refractivity contribution in [2.75, 3.05) is 4.90 Å². The van der Waals surface area contributed by atoms with Crippen molar-refractivity contribution in [1.82, 2.24) is 0 Å². The minimum Gasteiger partial charge on any atom is -0.310 e. The van der Waals surface area contributed by atoms with Crippen molar-refractivity contribution in [3.05, 3.63) is 210 Å². The van der Waals surface area contributed by atoms with Gasteiger partial charge in [-0.25, -0.2) is 0 Å². The topological polar surface area (TPSA) is 3.24 Å². The molecule has 0 saturated heterocycles. The Bertz CT molecular complexity index is 2470. The third-order valence-electron chi connectivity index (χ3n) is 10.1. The first kappa shape index (κ1) is 29.8. The Morgan fingerprint density at radius 3 is 2.02 bits per heavy atom. The van der Waals surface area contributed by atoms with Crippen LogP contribution in [0.3, 0.4) is 0 Å². The molecule has 0 radical (unpaired) electrons. The van der Waals surface area contributed by atoms with Gasteiger partial charge in [-0.05, 0) is 99.6 Å². The lowest BCUT2D eigenvalue weighted by Crippen LogP contribution is -2.26. The molecule has 0 fully saturated rings. The van der Waals surface area contributed by atoms with Crippen molar-refractivity contribution in [3.8, 4) is 34.1 Å². The van der Waals surface area contributed by atoms with Crippen molar-refractivity contribution < 1.29 is 0 Å². The molecular formula is C49H35N. The molecule has 0 saturated carbocycles. The minimum absolute atomic E-state index is 0.615.